The van der Waals surface area contributed by atoms with E-state index in [1.807, 2.05) is 0 Å². The average molecular weight is 198 g/mol. The van der Waals surface area contributed by atoms with Crippen LogP contribution in [-0.2, 0) is 0 Å². The highest BCUT2D eigenvalue weighted by molar-refractivity contribution is 4.76. The maximum Gasteiger partial charge on any atom is -0.0239 e. The molecular formula is C14H30. The molecule has 0 saturated heterocycles. The van der Waals surface area contributed by atoms with Gasteiger partial charge in [0.25, 0.3) is 0 Å². The van der Waals surface area contributed by atoms with E-state index in [2.05, 4.69) is 54.2 Å². The van der Waals surface area contributed by atoms with Gasteiger partial charge in [-0.3, -0.25) is 0 Å². The monoisotopic (exact) mass is 198 g/mol. The molecule has 0 bridgehead atoms. The second-order valence-corrected chi connectivity index (χ2v) is 5.11. The predicted octanol–water partition coefficient (Wildman–Crippen LogP) is 5.44. The summed E-state index contributed by atoms with van der Waals surface area (Å²) >= 11 is 0. The van der Waals surface area contributed by atoms with Gasteiger partial charge in [0, 0.05) is 0 Å². The van der Waals surface area contributed by atoms with E-state index in [-0.39, 0.29) is 0 Å². The first-order valence-corrected chi connectivity index (χ1v) is 6.03. The minimum Gasteiger partial charge on any atom is -0.103 e. The van der Waals surface area contributed by atoms with Gasteiger partial charge in [0.1, 0.15) is 0 Å². The molecule has 0 heterocycles. The average Bonchev–Trinajstić information content (AvgIpc) is 2.14. The molecule has 0 N–H and O–H groups in total. The summed E-state index contributed by atoms with van der Waals surface area (Å²) in [6.45, 7) is 17.1. The van der Waals surface area contributed by atoms with Crippen molar-refractivity contribution in [2.75, 3.05) is 0 Å². The van der Waals surface area contributed by atoms with E-state index < -0.39 is 0 Å². The zero-order chi connectivity index (χ0) is 11.6. The highest BCUT2D eigenvalue weighted by Crippen LogP contribution is 2.16. The van der Waals surface area contributed by atoms with Crippen LogP contribution in [0.2, 0.25) is 0 Å². The summed E-state index contributed by atoms with van der Waals surface area (Å²) in [6, 6.07) is 0. The molecule has 14 heavy (non-hydrogen) atoms. The molecule has 0 aliphatic carbocycles. The van der Waals surface area contributed by atoms with Crippen molar-refractivity contribution in [1.29, 1.82) is 0 Å². The number of allylic oxidation sites excluding steroid dienone is 1. The van der Waals surface area contributed by atoms with Gasteiger partial charge in [0.15, 0.2) is 0 Å². The molecule has 0 unspecified atom stereocenters. The minimum absolute atomic E-state index is 0.542. The van der Waals surface area contributed by atoms with E-state index in [9.17, 15) is 0 Å². The van der Waals surface area contributed by atoms with Crippen LogP contribution in [0.3, 0.4) is 0 Å². The molecule has 0 aliphatic heterocycles. The van der Waals surface area contributed by atoms with Crippen molar-refractivity contribution in [3.8, 4) is 0 Å². The summed E-state index contributed by atoms with van der Waals surface area (Å²) in [7, 11) is 0. The standard InChI is InChI=1S/C8H16.C6H14/c1-4-7-8(5-2)6-3;1-5-6(2,3)4/h5,8H,2,4,6-7H2,1,3H3;5H2,1-4H3/t8-;/m1./s1. The van der Waals surface area contributed by atoms with Crippen molar-refractivity contribution >= 4 is 0 Å². The van der Waals surface area contributed by atoms with Crippen LogP contribution in [-0.4, -0.2) is 0 Å². The van der Waals surface area contributed by atoms with Crippen LogP contribution in [0, 0.1) is 11.3 Å². The largest absolute Gasteiger partial charge is 0.103 e. The third-order valence-corrected chi connectivity index (χ3v) is 2.58. The van der Waals surface area contributed by atoms with E-state index in [1.54, 1.807) is 0 Å². The second-order valence-electron chi connectivity index (χ2n) is 5.11. The zero-order valence-corrected chi connectivity index (χ0v) is 11.2. The molecule has 0 nitrogen and oxygen atoms in total. The molecule has 1 atom stereocenters. The Morgan fingerprint density at radius 2 is 1.57 bits per heavy atom. The molecule has 0 aliphatic rings. The third kappa shape index (κ3) is 14.3. The summed E-state index contributed by atoms with van der Waals surface area (Å²) in [4.78, 5) is 0. The van der Waals surface area contributed by atoms with E-state index in [1.165, 1.54) is 25.7 Å². The van der Waals surface area contributed by atoms with Crippen molar-refractivity contribution in [2.24, 2.45) is 11.3 Å². The topological polar surface area (TPSA) is 0 Å². The Morgan fingerprint density at radius 1 is 1.14 bits per heavy atom. The van der Waals surface area contributed by atoms with E-state index >= 15 is 0 Å². The van der Waals surface area contributed by atoms with Gasteiger partial charge in [0.05, 0.1) is 0 Å². The molecule has 0 amide bonds. The van der Waals surface area contributed by atoms with Gasteiger partial charge in [-0.1, -0.05) is 60.5 Å². The summed E-state index contributed by atoms with van der Waals surface area (Å²) in [5, 5.41) is 0. The lowest BCUT2D eigenvalue weighted by molar-refractivity contribution is 0.398. The first kappa shape index (κ1) is 16.2. The van der Waals surface area contributed by atoms with Crippen molar-refractivity contribution in [3.05, 3.63) is 12.7 Å². The normalized spacial score (nSPS) is 12.7. The fourth-order valence-electron chi connectivity index (χ4n) is 0.859. The van der Waals surface area contributed by atoms with E-state index in [4.69, 9.17) is 0 Å². The lowest BCUT2D eigenvalue weighted by Crippen LogP contribution is -2.00. The lowest BCUT2D eigenvalue weighted by Gasteiger charge is -2.12. The molecule has 0 aromatic carbocycles. The lowest BCUT2D eigenvalue weighted by atomic mass is 9.94. The Kier molecular flexibility index (Phi) is 10.7. The molecule has 0 aromatic rings. The zero-order valence-electron chi connectivity index (χ0n) is 11.2. The van der Waals surface area contributed by atoms with Gasteiger partial charge >= 0.3 is 0 Å². The van der Waals surface area contributed by atoms with Gasteiger partial charge in [-0.25, -0.2) is 0 Å². The highest BCUT2D eigenvalue weighted by Gasteiger charge is 2.03. The number of hydrogen-bond acceptors (Lipinski definition) is 0. The van der Waals surface area contributed by atoms with Crippen molar-refractivity contribution < 1.29 is 0 Å². The number of hydrogen-bond donors (Lipinski definition) is 0. The molecule has 0 saturated carbocycles. The second kappa shape index (κ2) is 9.30. The van der Waals surface area contributed by atoms with Gasteiger partial charge in [0.2, 0.25) is 0 Å². The quantitative estimate of drug-likeness (QED) is 0.528. The van der Waals surface area contributed by atoms with Crippen molar-refractivity contribution in [2.45, 2.75) is 67.2 Å². The Morgan fingerprint density at radius 3 is 1.64 bits per heavy atom. The van der Waals surface area contributed by atoms with E-state index in [0.717, 1.165) is 5.92 Å². The fourth-order valence-corrected chi connectivity index (χ4v) is 0.859. The van der Waals surface area contributed by atoms with Gasteiger partial charge in [-0.05, 0) is 24.2 Å². The van der Waals surface area contributed by atoms with Crippen LogP contribution in [0.15, 0.2) is 12.7 Å². The molecule has 0 aromatic heterocycles. The van der Waals surface area contributed by atoms with Crippen LogP contribution < -0.4 is 0 Å². The molecule has 0 spiro atoms. The Balaban J connectivity index is 0. The number of rotatable bonds is 4. The first-order valence-electron chi connectivity index (χ1n) is 6.03. The summed E-state index contributed by atoms with van der Waals surface area (Å²) in [6.07, 6.45) is 7.17. The summed E-state index contributed by atoms with van der Waals surface area (Å²) in [5.74, 6) is 0.764. The summed E-state index contributed by atoms with van der Waals surface area (Å²) in [5.41, 5.74) is 0.542. The molecule has 0 fully saturated rings. The van der Waals surface area contributed by atoms with Crippen molar-refractivity contribution in [3.63, 3.8) is 0 Å². The maximum absolute atomic E-state index is 3.75. The molecule has 0 radical (unpaired) electrons. The summed E-state index contributed by atoms with van der Waals surface area (Å²) < 4.78 is 0. The van der Waals surface area contributed by atoms with Gasteiger partial charge in [-0.15, -0.1) is 6.58 Å². The Labute approximate surface area is 91.8 Å². The van der Waals surface area contributed by atoms with Crippen molar-refractivity contribution in [1.82, 2.24) is 0 Å². The van der Waals surface area contributed by atoms with Crippen LogP contribution in [0.5, 0.6) is 0 Å². The predicted molar refractivity (Wildman–Crippen MR) is 68.6 cm³/mol. The minimum atomic E-state index is 0.542. The van der Waals surface area contributed by atoms with Crippen LogP contribution >= 0.6 is 0 Å². The first-order chi connectivity index (χ1) is 6.41. The van der Waals surface area contributed by atoms with Gasteiger partial charge in [-0.2, -0.15) is 0 Å². The van der Waals surface area contributed by atoms with E-state index in [0.29, 0.717) is 5.41 Å². The van der Waals surface area contributed by atoms with Crippen LogP contribution in [0.25, 0.3) is 0 Å². The highest BCUT2D eigenvalue weighted by atomic mass is 14.1. The SMILES string of the molecule is C=C[C@H](CC)CCC.CCC(C)(C)C. The van der Waals surface area contributed by atoms with Crippen LogP contribution in [0.4, 0.5) is 0 Å². The molecule has 0 rings (SSSR count). The molecular weight excluding hydrogens is 168 g/mol. The molecule has 0 heteroatoms. The van der Waals surface area contributed by atoms with Gasteiger partial charge < -0.3 is 0 Å². The molecule has 86 valence electrons. The maximum atomic E-state index is 3.75. The smallest absolute Gasteiger partial charge is 0.0239 e. The fraction of sp³-hybridized carbons (Fsp3) is 0.857. The Hall–Kier alpha value is -0.260. The Bertz CT molecular complexity index is 116. The van der Waals surface area contributed by atoms with Crippen LogP contribution in [0.1, 0.15) is 67.2 Å². The third-order valence-electron chi connectivity index (χ3n) is 2.58.